The van der Waals surface area contributed by atoms with Gasteiger partial charge in [0.15, 0.2) is 0 Å². The molecule has 16 rings (SSSR count). The molecule has 16 aromatic rings. The minimum Gasteiger partial charge on any atom is -0.399 e. The summed E-state index contributed by atoms with van der Waals surface area (Å²) in [5, 5.41) is 13.9. The van der Waals surface area contributed by atoms with Crippen LogP contribution in [0.25, 0.3) is 118 Å². The van der Waals surface area contributed by atoms with E-state index < -0.39 is 0 Å². The summed E-state index contributed by atoms with van der Waals surface area (Å²) in [5.41, 5.74) is 21.0. The van der Waals surface area contributed by atoms with Crippen LogP contribution >= 0.6 is 38.6 Å². The molecule has 0 unspecified atom stereocenters. The van der Waals surface area contributed by atoms with Crippen molar-refractivity contribution in [2.75, 3.05) is 11.1 Å². The van der Waals surface area contributed by atoms with Crippen LogP contribution < -0.4 is 11.1 Å². The number of anilines is 3. The molecule has 0 atom stereocenters. The summed E-state index contributed by atoms with van der Waals surface area (Å²) in [6, 6.07) is 99.1. The average molecular weight is 1110 g/mol. The maximum absolute atomic E-state index is 5.78. The molecule has 0 amide bonds. The summed E-state index contributed by atoms with van der Waals surface area (Å²) >= 11 is 7.18. The predicted octanol–water partition coefficient (Wildman–Crippen LogP) is 21.4. The number of hydrogen-bond donors (Lipinski definition) is 2. The number of thiophene rings is 2. The highest BCUT2D eigenvalue weighted by atomic mass is 79.9. The Morgan fingerprint density at radius 2 is 0.684 bits per heavy atom. The number of halogens is 1. The summed E-state index contributed by atoms with van der Waals surface area (Å²) in [4.78, 5) is 0. The molecule has 0 aliphatic heterocycles. The molecular formula is C72H49BrN4S2. The van der Waals surface area contributed by atoms with Gasteiger partial charge < -0.3 is 20.2 Å². The molecule has 0 radical (unpaired) electrons. The number of nitrogens with two attached hydrogens (primary N) is 1. The van der Waals surface area contributed by atoms with E-state index in [4.69, 9.17) is 5.73 Å². The molecule has 4 heterocycles. The Kier molecular flexibility index (Phi) is 12.6. The van der Waals surface area contributed by atoms with Gasteiger partial charge in [-0.2, -0.15) is 0 Å². The summed E-state index contributed by atoms with van der Waals surface area (Å²) in [6.07, 6.45) is 0. The third-order valence-corrected chi connectivity index (χ3v) is 17.7. The molecule has 12 aromatic carbocycles. The Hall–Kier alpha value is -9.24. The maximum atomic E-state index is 5.78. The Bertz CT molecular complexity index is 4880. The second kappa shape index (κ2) is 20.6. The van der Waals surface area contributed by atoms with Gasteiger partial charge in [-0.15, -0.1) is 22.7 Å². The second-order valence-electron chi connectivity index (χ2n) is 19.7. The number of nitrogens with zero attached hydrogens (tertiary/aromatic N) is 2. The van der Waals surface area contributed by atoms with E-state index >= 15 is 0 Å². The maximum Gasteiger partial charge on any atom is 0.0541 e. The van der Waals surface area contributed by atoms with Crippen molar-refractivity contribution in [2.45, 2.75) is 0 Å². The first kappa shape index (κ1) is 48.2. The fourth-order valence-electron chi connectivity index (χ4n) is 11.1. The number of hydrogen-bond acceptors (Lipinski definition) is 4. The van der Waals surface area contributed by atoms with Crippen LogP contribution in [0.2, 0.25) is 0 Å². The molecule has 0 aliphatic rings. The van der Waals surface area contributed by atoms with Crippen LogP contribution in [0, 0.1) is 0 Å². The monoisotopic (exact) mass is 1110 g/mol. The Morgan fingerprint density at radius 1 is 0.291 bits per heavy atom. The van der Waals surface area contributed by atoms with Crippen LogP contribution in [-0.4, -0.2) is 9.13 Å². The quantitative estimate of drug-likeness (QED) is 0.163. The van der Waals surface area contributed by atoms with Crippen LogP contribution in [-0.2, 0) is 0 Å². The third-order valence-electron chi connectivity index (χ3n) is 14.8. The summed E-state index contributed by atoms with van der Waals surface area (Å²) in [6.45, 7) is 0. The Morgan fingerprint density at radius 3 is 1.22 bits per heavy atom. The number of aromatic nitrogens is 2. The van der Waals surface area contributed by atoms with Gasteiger partial charge in [-0.3, -0.25) is 0 Å². The van der Waals surface area contributed by atoms with Crippen molar-refractivity contribution in [3.8, 4) is 33.6 Å². The van der Waals surface area contributed by atoms with Crippen LogP contribution in [0.5, 0.6) is 0 Å². The van der Waals surface area contributed by atoms with Gasteiger partial charge in [0.2, 0.25) is 0 Å². The van der Waals surface area contributed by atoms with Crippen LogP contribution in [0.15, 0.2) is 284 Å². The molecule has 0 spiro atoms. The zero-order valence-corrected chi connectivity index (χ0v) is 45.9. The summed E-state index contributed by atoms with van der Waals surface area (Å²) < 4.78 is 11.1. The van der Waals surface area contributed by atoms with Crippen molar-refractivity contribution in [3.63, 3.8) is 0 Å². The number of fused-ring (bicyclic) bond motifs is 12. The fraction of sp³-hybridized carbons (Fsp3) is 0. The minimum atomic E-state index is 0.834. The largest absolute Gasteiger partial charge is 0.399 e. The molecule has 0 saturated carbocycles. The number of nitrogens with one attached hydrogen (secondary N) is 1. The lowest BCUT2D eigenvalue weighted by Gasteiger charge is -2.09. The molecule has 0 fully saturated rings. The lowest BCUT2D eigenvalue weighted by atomic mass is 10.0. The van der Waals surface area contributed by atoms with E-state index in [2.05, 4.69) is 297 Å². The van der Waals surface area contributed by atoms with E-state index in [0.717, 1.165) is 21.5 Å². The van der Waals surface area contributed by atoms with Crippen molar-refractivity contribution in [1.29, 1.82) is 0 Å². The minimum absolute atomic E-state index is 0.834. The zero-order chi connectivity index (χ0) is 52.8. The smallest absolute Gasteiger partial charge is 0.0541 e. The normalized spacial score (nSPS) is 11.4. The molecule has 0 aliphatic carbocycles. The first-order valence-electron chi connectivity index (χ1n) is 26.4. The highest BCUT2D eigenvalue weighted by Gasteiger charge is 2.15. The topological polar surface area (TPSA) is 47.9 Å². The molecule has 7 heteroatoms. The van der Waals surface area contributed by atoms with E-state index in [9.17, 15) is 0 Å². The number of rotatable bonds is 6. The molecule has 0 bridgehead atoms. The molecule has 4 aromatic heterocycles. The van der Waals surface area contributed by atoms with Crippen molar-refractivity contribution < 1.29 is 0 Å². The lowest BCUT2D eigenvalue weighted by Crippen LogP contribution is -1.92. The van der Waals surface area contributed by atoms with Gasteiger partial charge in [0, 0.05) is 94.8 Å². The van der Waals surface area contributed by atoms with E-state index in [-0.39, 0.29) is 0 Å². The SMILES string of the molecule is Brc1ccc(-c2ccc3c(c2)c2ccccc2n3-c2ccccc2)cc1.Nc1ccc2sc3ccccc3c2c1.c1ccc(-n2c3ccccc3c3cc(-c4ccc(Nc5ccc6sc7ccccc7c6c5)cc4)ccc32)cc1. The summed E-state index contributed by atoms with van der Waals surface area (Å²) in [7, 11) is 0. The average Bonchev–Trinajstić information content (AvgIpc) is 4.41. The predicted molar refractivity (Wildman–Crippen MR) is 346 cm³/mol. The highest BCUT2D eigenvalue weighted by Crippen LogP contribution is 2.40. The zero-order valence-electron chi connectivity index (χ0n) is 42.7. The van der Waals surface area contributed by atoms with Gasteiger partial charge >= 0.3 is 0 Å². The van der Waals surface area contributed by atoms with E-state index in [1.807, 2.05) is 34.8 Å². The van der Waals surface area contributed by atoms with E-state index in [1.54, 1.807) is 0 Å². The van der Waals surface area contributed by atoms with Crippen LogP contribution in [0.4, 0.5) is 17.1 Å². The molecule has 4 nitrogen and oxygen atoms in total. The number of para-hydroxylation sites is 4. The molecule has 0 saturated heterocycles. The van der Waals surface area contributed by atoms with Gasteiger partial charge in [0.1, 0.15) is 0 Å². The van der Waals surface area contributed by atoms with Gasteiger partial charge in [0.05, 0.1) is 22.1 Å². The standard InChI is InChI=1S/C36H24N2S.C24H16BrN.C12H9NS/c1-2-8-28(9-3-1)38-33-12-6-4-10-29(33)31-22-25(16-20-34(31)38)24-14-17-26(18-15-24)37-27-19-21-36-32(23-27)30-11-5-7-13-35(30)39-36;25-19-13-10-17(11-14-19)18-12-15-24-22(16-18)21-8-4-5-9-23(21)26(24)20-6-2-1-3-7-20;13-8-5-6-12-10(7-8)9-3-1-2-4-11(9)14-12/h1-23,37H;1-16H;1-7H,13H2. The van der Waals surface area contributed by atoms with E-state index in [0.29, 0.717) is 0 Å². The molecular weight excluding hydrogens is 1060 g/mol. The summed E-state index contributed by atoms with van der Waals surface area (Å²) in [5.74, 6) is 0. The first-order valence-corrected chi connectivity index (χ1v) is 28.8. The van der Waals surface area contributed by atoms with Crippen LogP contribution in [0.1, 0.15) is 0 Å². The van der Waals surface area contributed by atoms with Crippen molar-refractivity contribution in [2.24, 2.45) is 0 Å². The van der Waals surface area contributed by atoms with Gasteiger partial charge in [-0.25, -0.2) is 0 Å². The molecule has 376 valence electrons. The van der Waals surface area contributed by atoms with Crippen molar-refractivity contribution >= 4 is 140 Å². The molecule has 79 heavy (non-hydrogen) atoms. The van der Waals surface area contributed by atoms with E-state index in [1.165, 1.54) is 118 Å². The van der Waals surface area contributed by atoms with Crippen LogP contribution in [0.3, 0.4) is 0 Å². The number of benzene rings is 12. The van der Waals surface area contributed by atoms with Gasteiger partial charge in [-0.05, 0) is 156 Å². The third kappa shape index (κ3) is 9.18. The Balaban J connectivity index is 0.000000120. The highest BCUT2D eigenvalue weighted by molar-refractivity contribution is 9.10. The lowest BCUT2D eigenvalue weighted by molar-refractivity contribution is 1.18. The van der Waals surface area contributed by atoms with Crippen molar-refractivity contribution in [3.05, 3.63) is 284 Å². The second-order valence-corrected chi connectivity index (χ2v) is 22.8. The Labute approximate surface area is 473 Å². The van der Waals surface area contributed by atoms with Crippen molar-refractivity contribution in [1.82, 2.24) is 9.13 Å². The molecule has 3 N–H and O–H groups in total. The first-order chi connectivity index (χ1) is 39.0. The van der Waals surface area contributed by atoms with Gasteiger partial charge in [0.25, 0.3) is 0 Å². The van der Waals surface area contributed by atoms with Gasteiger partial charge in [-0.1, -0.05) is 162 Å². The fourth-order valence-corrected chi connectivity index (χ4v) is 13.6. The number of nitrogen functional groups attached to an aromatic ring is 1.